The third-order valence-corrected chi connectivity index (χ3v) is 4.91. The highest BCUT2D eigenvalue weighted by molar-refractivity contribution is 6.30. The van der Waals surface area contributed by atoms with Gasteiger partial charge in [-0.2, -0.15) is 0 Å². The van der Waals surface area contributed by atoms with E-state index in [0.29, 0.717) is 59.7 Å². The summed E-state index contributed by atoms with van der Waals surface area (Å²) in [6.45, 7) is 2.42. The van der Waals surface area contributed by atoms with Crippen LogP contribution in [-0.2, 0) is 11.3 Å². The number of pyridine rings is 1. The molecule has 1 fully saturated rings. The van der Waals surface area contributed by atoms with Crippen LogP contribution in [0.15, 0.2) is 48.9 Å². The van der Waals surface area contributed by atoms with Crippen molar-refractivity contribution in [3.05, 3.63) is 70.9 Å². The second kappa shape index (κ2) is 9.15. The minimum absolute atomic E-state index is 0.0971. The molecule has 1 aliphatic heterocycles. The molecule has 1 saturated heterocycles. The molecule has 4 rings (SSSR count). The molecule has 7 nitrogen and oxygen atoms in total. The van der Waals surface area contributed by atoms with E-state index in [1.807, 2.05) is 0 Å². The summed E-state index contributed by atoms with van der Waals surface area (Å²) < 4.78 is 19.3. The first-order valence-electron chi connectivity index (χ1n) is 9.43. The number of carbonyl (C=O) groups excluding carboxylic acids is 1. The van der Waals surface area contributed by atoms with Crippen LogP contribution in [0, 0.1) is 5.82 Å². The SMILES string of the molecule is O=C(c1cncc(-c2nccc(NCc3ccc(Cl)cc3F)n2)c1)N1CCOCC1. The molecule has 1 aromatic carbocycles. The van der Waals surface area contributed by atoms with Crippen LogP contribution in [0.3, 0.4) is 0 Å². The monoisotopic (exact) mass is 427 g/mol. The summed E-state index contributed by atoms with van der Waals surface area (Å²) in [6.07, 6.45) is 4.74. The molecule has 0 spiro atoms. The third kappa shape index (κ3) is 4.72. The Labute approximate surface area is 177 Å². The predicted molar refractivity (Wildman–Crippen MR) is 111 cm³/mol. The maximum atomic E-state index is 14.0. The largest absolute Gasteiger partial charge is 0.378 e. The topological polar surface area (TPSA) is 80.2 Å². The van der Waals surface area contributed by atoms with Crippen LogP contribution in [0.4, 0.5) is 10.2 Å². The fourth-order valence-corrected chi connectivity index (χ4v) is 3.23. The van der Waals surface area contributed by atoms with Crippen LogP contribution in [0.25, 0.3) is 11.4 Å². The lowest BCUT2D eigenvalue weighted by Gasteiger charge is -2.26. The van der Waals surface area contributed by atoms with E-state index in [9.17, 15) is 9.18 Å². The standard InChI is InChI=1S/C21H19ClFN5O2/c22-17-2-1-14(18(23)10-17)13-26-19-3-4-25-20(27-19)15-9-16(12-24-11-15)21(29)28-5-7-30-8-6-28/h1-4,9-12H,5-8,13H2,(H,25,26,27). The second-order valence-electron chi connectivity index (χ2n) is 6.72. The molecule has 30 heavy (non-hydrogen) atoms. The Hall–Kier alpha value is -3.10. The molecule has 3 aromatic rings. The average Bonchev–Trinajstić information content (AvgIpc) is 2.79. The van der Waals surface area contributed by atoms with Gasteiger partial charge in [0.05, 0.1) is 18.8 Å². The molecule has 0 atom stereocenters. The molecule has 1 N–H and O–H groups in total. The minimum atomic E-state index is -0.386. The molecule has 1 aliphatic rings. The first-order chi connectivity index (χ1) is 14.6. The number of carbonyl (C=O) groups is 1. The van der Waals surface area contributed by atoms with Gasteiger partial charge in [-0.3, -0.25) is 9.78 Å². The van der Waals surface area contributed by atoms with E-state index in [-0.39, 0.29) is 18.3 Å². The number of amides is 1. The van der Waals surface area contributed by atoms with Crippen molar-refractivity contribution in [3.63, 3.8) is 0 Å². The average molecular weight is 428 g/mol. The van der Waals surface area contributed by atoms with E-state index in [2.05, 4.69) is 20.3 Å². The number of halogens is 2. The predicted octanol–water partition coefficient (Wildman–Crippen LogP) is 3.42. The normalized spacial score (nSPS) is 13.9. The molecular weight excluding hydrogens is 409 g/mol. The highest BCUT2D eigenvalue weighted by atomic mass is 35.5. The summed E-state index contributed by atoms with van der Waals surface area (Å²) in [5.41, 5.74) is 1.56. The van der Waals surface area contributed by atoms with Crippen molar-refractivity contribution >= 4 is 23.3 Å². The van der Waals surface area contributed by atoms with Crippen molar-refractivity contribution in [2.45, 2.75) is 6.54 Å². The Morgan fingerprint density at radius 3 is 2.83 bits per heavy atom. The van der Waals surface area contributed by atoms with Crippen molar-refractivity contribution in [2.24, 2.45) is 0 Å². The van der Waals surface area contributed by atoms with E-state index < -0.39 is 0 Å². The molecule has 154 valence electrons. The summed E-state index contributed by atoms with van der Waals surface area (Å²) >= 11 is 5.79. The highest BCUT2D eigenvalue weighted by Gasteiger charge is 2.19. The molecule has 2 aromatic heterocycles. The van der Waals surface area contributed by atoms with Gasteiger partial charge in [-0.1, -0.05) is 17.7 Å². The zero-order chi connectivity index (χ0) is 20.9. The second-order valence-corrected chi connectivity index (χ2v) is 7.16. The summed E-state index contributed by atoms with van der Waals surface area (Å²) in [5.74, 6) is 0.461. The third-order valence-electron chi connectivity index (χ3n) is 4.67. The number of morpholine rings is 1. The molecular formula is C21H19ClFN5O2. The van der Waals surface area contributed by atoms with Gasteiger partial charge in [-0.25, -0.2) is 14.4 Å². The van der Waals surface area contributed by atoms with Gasteiger partial charge in [-0.15, -0.1) is 0 Å². The number of aromatic nitrogens is 3. The van der Waals surface area contributed by atoms with Gasteiger partial charge < -0.3 is 15.0 Å². The van der Waals surface area contributed by atoms with Crippen molar-refractivity contribution in [1.29, 1.82) is 0 Å². The number of hydrogen-bond donors (Lipinski definition) is 1. The molecule has 3 heterocycles. The van der Waals surface area contributed by atoms with Crippen LogP contribution < -0.4 is 5.32 Å². The molecule has 0 bridgehead atoms. The maximum Gasteiger partial charge on any atom is 0.255 e. The number of anilines is 1. The summed E-state index contributed by atoms with van der Waals surface area (Å²) in [6, 6.07) is 7.94. The van der Waals surface area contributed by atoms with Gasteiger partial charge in [0.25, 0.3) is 5.91 Å². The van der Waals surface area contributed by atoms with Crippen LogP contribution >= 0.6 is 11.6 Å². The molecule has 0 aliphatic carbocycles. The van der Waals surface area contributed by atoms with E-state index in [4.69, 9.17) is 16.3 Å². The maximum absolute atomic E-state index is 14.0. The van der Waals surface area contributed by atoms with Crippen LogP contribution in [0.1, 0.15) is 15.9 Å². The lowest BCUT2D eigenvalue weighted by atomic mass is 10.1. The first-order valence-corrected chi connectivity index (χ1v) is 9.81. The molecule has 9 heteroatoms. The Morgan fingerprint density at radius 2 is 2.03 bits per heavy atom. The summed E-state index contributed by atoms with van der Waals surface area (Å²) in [5, 5.41) is 3.42. The number of benzene rings is 1. The first kappa shape index (κ1) is 20.2. The zero-order valence-corrected chi connectivity index (χ0v) is 16.8. The number of nitrogens with zero attached hydrogens (tertiary/aromatic N) is 4. The highest BCUT2D eigenvalue weighted by Crippen LogP contribution is 2.19. The van der Waals surface area contributed by atoms with Crippen LogP contribution in [0.2, 0.25) is 5.02 Å². The van der Waals surface area contributed by atoms with Crippen molar-refractivity contribution in [2.75, 3.05) is 31.6 Å². The quantitative estimate of drug-likeness (QED) is 0.672. The Balaban J connectivity index is 1.50. The van der Waals surface area contributed by atoms with E-state index in [1.165, 1.54) is 12.3 Å². The Bertz CT molecular complexity index is 1060. The van der Waals surface area contributed by atoms with Crippen molar-refractivity contribution < 1.29 is 13.9 Å². The minimum Gasteiger partial charge on any atom is -0.378 e. The molecule has 1 amide bonds. The Morgan fingerprint density at radius 1 is 1.20 bits per heavy atom. The summed E-state index contributed by atoms with van der Waals surface area (Å²) in [4.78, 5) is 27.4. The van der Waals surface area contributed by atoms with Crippen LogP contribution in [-0.4, -0.2) is 52.1 Å². The fraction of sp³-hybridized carbons (Fsp3) is 0.238. The van der Waals surface area contributed by atoms with Gasteiger partial charge in [0.2, 0.25) is 0 Å². The lowest BCUT2D eigenvalue weighted by molar-refractivity contribution is 0.0302. The van der Waals surface area contributed by atoms with Crippen LogP contribution in [0.5, 0.6) is 0 Å². The molecule has 0 radical (unpaired) electrons. The van der Waals surface area contributed by atoms with Gasteiger partial charge >= 0.3 is 0 Å². The van der Waals surface area contributed by atoms with Gasteiger partial charge in [0.15, 0.2) is 5.82 Å². The number of rotatable bonds is 5. The number of ether oxygens (including phenoxy) is 1. The smallest absolute Gasteiger partial charge is 0.255 e. The lowest BCUT2D eigenvalue weighted by Crippen LogP contribution is -2.40. The van der Waals surface area contributed by atoms with Gasteiger partial charge in [0.1, 0.15) is 11.6 Å². The number of nitrogens with one attached hydrogen (secondary N) is 1. The van der Waals surface area contributed by atoms with E-state index in [0.717, 1.165) is 0 Å². The van der Waals surface area contributed by atoms with Gasteiger partial charge in [-0.05, 0) is 24.3 Å². The molecule has 0 unspecified atom stereocenters. The Kier molecular flexibility index (Phi) is 6.15. The zero-order valence-electron chi connectivity index (χ0n) is 16.0. The van der Waals surface area contributed by atoms with E-state index >= 15 is 0 Å². The van der Waals surface area contributed by atoms with Crippen molar-refractivity contribution in [1.82, 2.24) is 19.9 Å². The summed E-state index contributed by atoms with van der Waals surface area (Å²) in [7, 11) is 0. The van der Waals surface area contributed by atoms with Gasteiger partial charge in [0, 0.05) is 54.4 Å². The molecule has 0 saturated carbocycles. The fourth-order valence-electron chi connectivity index (χ4n) is 3.08. The number of hydrogen-bond acceptors (Lipinski definition) is 6. The van der Waals surface area contributed by atoms with E-state index in [1.54, 1.807) is 41.6 Å². The van der Waals surface area contributed by atoms with Crippen molar-refractivity contribution in [3.8, 4) is 11.4 Å².